The van der Waals surface area contributed by atoms with Crippen molar-refractivity contribution >= 4 is 29.0 Å². The molecule has 0 spiro atoms. The SMILES string of the molecule is CCCNC(=S)N(CCC)C(N)=Nc1ccc(C)cc1C. The monoisotopic (exact) mass is 306 g/mol. The number of guanidine groups is 1. The molecule has 0 fully saturated rings. The van der Waals surface area contributed by atoms with E-state index in [1.807, 2.05) is 24.0 Å². The first-order chi connectivity index (χ1) is 9.99. The molecule has 0 saturated carbocycles. The summed E-state index contributed by atoms with van der Waals surface area (Å²) in [4.78, 5) is 6.41. The van der Waals surface area contributed by atoms with Crippen molar-refractivity contribution in [3.63, 3.8) is 0 Å². The Balaban J connectivity index is 2.95. The van der Waals surface area contributed by atoms with Crippen LogP contribution in [0.2, 0.25) is 0 Å². The van der Waals surface area contributed by atoms with Crippen molar-refractivity contribution in [2.45, 2.75) is 40.5 Å². The molecule has 1 aromatic rings. The molecule has 0 amide bonds. The van der Waals surface area contributed by atoms with Gasteiger partial charge in [0.15, 0.2) is 5.11 Å². The van der Waals surface area contributed by atoms with Crippen LogP contribution in [0, 0.1) is 13.8 Å². The van der Waals surface area contributed by atoms with Crippen LogP contribution in [-0.4, -0.2) is 29.1 Å². The first-order valence-corrected chi connectivity index (χ1v) is 7.87. The van der Waals surface area contributed by atoms with E-state index in [4.69, 9.17) is 18.0 Å². The molecule has 5 heteroatoms. The molecular formula is C16H26N4S. The second kappa shape index (κ2) is 8.62. The van der Waals surface area contributed by atoms with Gasteiger partial charge in [-0.2, -0.15) is 0 Å². The Morgan fingerprint density at radius 2 is 2.00 bits per heavy atom. The molecule has 0 aromatic heterocycles. The van der Waals surface area contributed by atoms with Gasteiger partial charge in [-0.3, -0.25) is 4.90 Å². The minimum absolute atomic E-state index is 0.442. The number of rotatable bonds is 5. The van der Waals surface area contributed by atoms with Gasteiger partial charge in [-0.1, -0.05) is 31.5 Å². The number of nitrogens with two attached hydrogens (primary N) is 1. The summed E-state index contributed by atoms with van der Waals surface area (Å²) in [6.45, 7) is 9.91. The van der Waals surface area contributed by atoms with Crippen LogP contribution in [0.4, 0.5) is 5.69 Å². The molecule has 0 heterocycles. The number of nitrogens with zero attached hydrogens (tertiary/aromatic N) is 2. The maximum atomic E-state index is 6.16. The van der Waals surface area contributed by atoms with Crippen molar-refractivity contribution in [3.05, 3.63) is 29.3 Å². The van der Waals surface area contributed by atoms with E-state index < -0.39 is 0 Å². The topological polar surface area (TPSA) is 53.6 Å². The fourth-order valence-corrected chi connectivity index (χ4v) is 2.27. The van der Waals surface area contributed by atoms with E-state index in [9.17, 15) is 0 Å². The van der Waals surface area contributed by atoms with E-state index in [-0.39, 0.29) is 0 Å². The van der Waals surface area contributed by atoms with Crippen molar-refractivity contribution in [2.24, 2.45) is 10.7 Å². The fraction of sp³-hybridized carbons (Fsp3) is 0.500. The predicted molar refractivity (Wildman–Crippen MR) is 95.1 cm³/mol. The molecule has 1 rings (SSSR count). The Hall–Kier alpha value is -1.62. The average molecular weight is 306 g/mol. The molecule has 4 nitrogen and oxygen atoms in total. The zero-order valence-corrected chi connectivity index (χ0v) is 14.3. The largest absolute Gasteiger partial charge is 0.369 e. The van der Waals surface area contributed by atoms with Crippen LogP contribution >= 0.6 is 12.2 Å². The fourth-order valence-electron chi connectivity index (χ4n) is 1.99. The Bertz CT molecular complexity index is 511. The average Bonchev–Trinajstić information content (AvgIpc) is 2.45. The third kappa shape index (κ3) is 5.34. The van der Waals surface area contributed by atoms with Gasteiger partial charge < -0.3 is 11.1 Å². The van der Waals surface area contributed by atoms with Gasteiger partial charge in [0.25, 0.3) is 0 Å². The molecule has 3 N–H and O–H groups in total. The van der Waals surface area contributed by atoms with E-state index in [0.29, 0.717) is 11.1 Å². The molecule has 0 aliphatic heterocycles. The third-order valence-electron chi connectivity index (χ3n) is 3.08. The van der Waals surface area contributed by atoms with E-state index in [2.05, 4.69) is 37.1 Å². The number of hydrogen-bond donors (Lipinski definition) is 2. The number of thiocarbonyl (C=S) groups is 1. The predicted octanol–water partition coefficient (Wildman–Crippen LogP) is 3.25. The summed E-state index contributed by atoms with van der Waals surface area (Å²) < 4.78 is 0. The molecule has 0 bridgehead atoms. The second-order valence-electron chi connectivity index (χ2n) is 5.14. The molecule has 0 unspecified atom stereocenters. The normalized spacial score (nSPS) is 11.3. The lowest BCUT2D eigenvalue weighted by Crippen LogP contribution is -2.47. The lowest BCUT2D eigenvalue weighted by molar-refractivity contribution is 0.572. The van der Waals surface area contributed by atoms with Crippen LogP contribution in [-0.2, 0) is 0 Å². The van der Waals surface area contributed by atoms with Crippen LogP contribution in [0.15, 0.2) is 23.2 Å². The highest BCUT2D eigenvalue weighted by molar-refractivity contribution is 7.80. The van der Waals surface area contributed by atoms with E-state index in [1.165, 1.54) is 5.56 Å². The van der Waals surface area contributed by atoms with E-state index in [1.54, 1.807) is 0 Å². The first-order valence-electron chi connectivity index (χ1n) is 7.46. The Kier molecular flexibility index (Phi) is 7.15. The van der Waals surface area contributed by atoms with E-state index >= 15 is 0 Å². The number of aliphatic imine (C=N–C) groups is 1. The van der Waals surface area contributed by atoms with Gasteiger partial charge >= 0.3 is 0 Å². The molecule has 0 saturated heterocycles. The van der Waals surface area contributed by atoms with Gasteiger partial charge in [-0.25, -0.2) is 4.99 Å². The van der Waals surface area contributed by atoms with Gasteiger partial charge in [0, 0.05) is 13.1 Å². The lowest BCUT2D eigenvalue weighted by atomic mass is 10.1. The van der Waals surface area contributed by atoms with E-state index in [0.717, 1.165) is 37.2 Å². The molecule has 0 aliphatic carbocycles. The van der Waals surface area contributed by atoms with Gasteiger partial charge in [-0.15, -0.1) is 0 Å². The standard InChI is InChI=1S/C16H26N4S/c1-5-9-18-16(21)20(10-6-2)15(17)19-14-8-7-12(3)11-13(14)4/h7-8,11H,5-6,9-10H2,1-4H3,(H2,17,19)(H,18,21). The quantitative estimate of drug-likeness (QED) is 0.498. The first kappa shape index (κ1) is 17.4. The second-order valence-corrected chi connectivity index (χ2v) is 5.53. The Morgan fingerprint density at radius 3 is 2.57 bits per heavy atom. The number of hydrogen-bond acceptors (Lipinski definition) is 2. The summed E-state index contributed by atoms with van der Waals surface area (Å²) in [7, 11) is 0. The summed E-state index contributed by atoms with van der Waals surface area (Å²) in [6.07, 6.45) is 1.98. The minimum Gasteiger partial charge on any atom is -0.369 e. The third-order valence-corrected chi connectivity index (χ3v) is 3.45. The van der Waals surface area contributed by atoms with Crippen molar-refractivity contribution in [2.75, 3.05) is 13.1 Å². The summed E-state index contributed by atoms with van der Waals surface area (Å²) in [5.74, 6) is 0.442. The molecule has 0 atom stereocenters. The number of nitrogens with one attached hydrogen (secondary N) is 1. The van der Waals surface area contributed by atoms with Crippen molar-refractivity contribution in [1.82, 2.24) is 10.2 Å². The van der Waals surface area contributed by atoms with Crippen LogP contribution in [0.25, 0.3) is 0 Å². The maximum Gasteiger partial charge on any atom is 0.202 e. The maximum absolute atomic E-state index is 6.16. The van der Waals surface area contributed by atoms with Crippen LogP contribution in [0.3, 0.4) is 0 Å². The highest BCUT2D eigenvalue weighted by atomic mass is 32.1. The zero-order valence-electron chi connectivity index (χ0n) is 13.4. The molecule has 21 heavy (non-hydrogen) atoms. The summed E-state index contributed by atoms with van der Waals surface area (Å²) in [5, 5.41) is 3.85. The zero-order chi connectivity index (χ0) is 15.8. The van der Waals surface area contributed by atoms with Gasteiger partial charge in [0.1, 0.15) is 0 Å². The molecular weight excluding hydrogens is 280 g/mol. The molecule has 0 aliphatic rings. The highest BCUT2D eigenvalue weighted by Gasteiger charge is 2.12. The molecule has 116 valence electrons. The smallest absolute Gasteiger partial charge is 0.202 e. The lowest BCUT2D eigenvalue weighted by Gasteiger charge is -2.24. The highest BCUT2D eigenvalue weighted by Crippen LogP contribution is 2.19. The van der Waals surface area contributed by atoms with Crippen molar-refractivity contribution in [3.8, 4) is 0 Å². The summed E-state index contributed by atoms with van der Waals surface area (Å²) in [5.41, 5.74) is 9.38. The summed E-state index contributed by atoms with van der Waals surface area (Å²) in [6, 6.07) is 6.13. The minimum atomic E-state index is 0.442. The van der Waals surface area contributed by atoms with Gasteiger partial charge in [-0.05, 0) is 50.5 Å². The van der Waals surface area contributed by atoms with Gasteiger partial charge in [0.05, 0.1) is 5.69 Å². The molecule has 1 aromatic carbocycles. The number of benzene rings is 1. The van der Waals surface area contributed by atoms with Gasteiger partial charge in [0.2, 0.25) is 5.96 Å². The Labute approximate surface area is 133 Å². The summed E-state index contributed by atoms with van der Waals surface area (Å²) >= 11 is 5.41. The molecule has 0 radical (unpaired) electrons. The van der Waals surface area contributed by atoms with Crippen LogP contribution < -0.4 is 11.1 Å². The van der Waals surface area contributed by atoms with Crippen LogP contribution in [0.1, 0.15) is 37.8 Å². The van der Waals surface area contributed by atoms with Crippen LogP contribution in [0.5, 0.6) is 0 Å². The number of aryl methyl sites for hydroxylation is 2. The van der Waals surface area contributed by atoms with Crippen molar-refractivity contribution < 1.29 is 0 Å². The van der Waals surface area contributed by atoms with Crippen molar-refractivity contribution in [1.29, 1.82) is 0 Å². The Morgan fingerprint density at radius 1 is 1.29 bits per heavy atom.